The highest BCUT2D eigenvalue weighted by Gasteiger charge is 2.11. The lowest BCUT2D eigenvalue weighted by atomic mass is 10.2. The lowest BCUT2D eigenvalue weighted by Crippen LogP contribution is -2.04. The number of halogens is 2. The Labute approximate surface area is 107 Å². The van der Waals surface area contributed by atoms with Gasteiger partial charge in [-0.3, -0.25) is 0 Å². The summed E-state index contributed by atoms with van der Waals surface area (Å²) >= 11 is 1.53. The van der Waals surface area contributed by atoms with Crippen molar-refractivity contribution in [1.29, 1.82) is 5.26 Å². The van der Waals surface area contributed by atoms with Crippen LogP contribution >= 0.6 is 11.3 Å². The highest BCUT2D eigenvalue weighted by Crippen LogP contribution is 2.23. The van der Waals surface area contributed by atoms with Gasteiger partial charge in [-0.05, 0) is 36.1 Å². The second kappa shape index (κ2) is 5.15. The first-order chi connectivity index (χ1) is 8.61. The van der Waals surface area contributed by atoms with Crippen molar-refractivity contribution < 1.29 is 8.78 Å². The second-order valence-electron chi connectivity index (χ2n) is 3.81. The molecule has 0 atom stereocenters. The molecule has 0 aliphatic carbocycles. The molecule has 2 nitrogen and oxygen atoms in total. The molecule has 0 saturated heterocycles. The van der Waals surface area contributed by atoms with Crippen LogP contribution in [0.2, 0.25) is 0 Å². The van der Waals surface area contributed by atoms with Gasteiger partial charge in [0.1, 0.15) is 5.69 Å². The summed E-state index contributed by atoms with van der Waals surface area (Å²) < 4.78 is 27.2. The summed E-state index contributed by atoms with van der Waals surface area (Å²) in [4.78, 5) is 1.03. The second-order valence-corrected chi connectivity index (χ2v) is 4.81. The molecule has 1 aromatic carbocycles. The number of hydrogen-bond donors (Lipinski definition) is 1. The summed E-state index contributed by atoms with van der Waals surface area (Å²) in [7, 11) is 0. The summed E-state index contributed by atoms with van der Waals surface area (Å²) in [6.45, 7) is 2.31. The number of thiophene rings is 1. The summed E-state index contributed by atoms with van der Waals surface area (Å²) in [5.41, 5.74) is 0.867. The van der Waals surface area contributed by atoms with Gasteiger partial charge in [0.15, 0.2) is 11.6 Å². The Bertz CT molecular complexity index is 591. The first-order valence-electron chi connectivity index (χ1n) is 5.28. The predicted molar refractivity (Wildman–Crippen MR) is 67.5 cm³/mol. The van der Waals surface area contributed by atoms with Crippen molar-refractivity contribution in [2.24, 2.45) is 0 Å². The van der Waals surface area contributed by atoms with Crippen LogP contribution in [0, 0.1) is 29.9 Å². The molecule has 2 aromatic rings. The molecule has 0 radical (unpaired) electrons. The lowest BCUT2D eigenvalue weighted by molar-refractivity contribution is 0.587. The molecule has 1 N–H and O–H groups in total. The number of benzene rings is 1. The minimum Gasteiger partial charge on any atom is -0.375 e. The number of aryl methyl sites for hydroxylation is 1. The molecule has 0 aliphatic rings. The van der Waals surface area contributed by atoms with E-state index in [4.69, 9.17) is 5.26 Å². The average Bonchev–Trinajstić information content (AvgIpc) is 2.73. The first-order valence-corrected chi connectivity index (χ1v) is 6.15. The van der Waals surface area contributed by atoms with Crippen molar-refractivity contribution in [2.45, 2.75) is 13.5 Å². The minimum atomic E-state index is -0.749. The summed E-state index contributed by atoms with van der Waals surface area (Å²) in [5.74, 6) is -1.50. The fraction of sp³-hybridized carbons (Fsp3) is 0.154. The number of rotatable bonds is 3. The number of nitrogens with zero attached hydrogens (tertiary/aromatic N) is 1. The van der Waals surface area contributed by atoms with Crippen LogP contribution in [0.5, 0.6) is 0 Å². The molecule has 0 unspecified atom stereocenters. The van der Waals surface area contributed by atoms with E-state index in [1.807, 2.05) is 18.4 Å². The summed E-state index contributed by atoms with van der Waals surface area (Å²) in [5, 5.41) is 13.2. The fourth-order valence-corrected chi connectivity index (χ4v) is 2.41. The van der Waals surface area contributed by atoms with Gasteiger partial charge in [0, 0.05) is 11.4 Å². The Hall–Kier alpha value is -1.93. The van der Waals surface area contributed by atoms with Gasteiger partial charge in [-0.1, -0.05) is 0 Å². The molecule has 0 fully saturated rings. The van der Waals surface area contributed by atoms with Gasteiger partial charge in [-0.15, -0.1) is 11.3 Å². The van der Waals surface area contributed by atoms with Gasteiger partial charge in [-0.2, -0.15) is 5.26 Å². The van der Waals surface area contributed by atoms with E-state index in [0.29, 0.717) is 6.54 Å². The molecule has 1 aromatic heterocycles. The van der Waals surface area contributed by atoms with Crippen LogP contribution in [0.3, 0.4) is 0 Å². The standard InChI is InChI=1S/C13H10F2N2S/c1-8-2-3-18-12(8)7-17-13-10(14)4-9(6-16)5-11(13)15/h2-5,17H,7H2,1H3. The monoisotopic (exact) mass is 264 g/mol. The fourth-order valence-electron chi connectivity index (χ4n) is 1.56. The minimum absolute atomic E-state index is 0.0251. The SMILES string of the molecule is Cc1ccsc1CNc1c(F)cc(C#N)cc1F. The van der Waals surface area contributed by atoms with E-state index in [0.717, 1.165) is 22.6 Å². The van der Waals surface area contributed by atoms with Crippen LogP contribution in [-0.4, -0.2) is 0 Å². The highest BCUT2D eigenvalue weighted by atomic mass is 32.1. The summed E-state index contributed by atoms with van der Waals surface area (Å²) in [6, 6.07) is 5.70. The topological polar surface area (TPSA) is 35.8 Å². The van der Waals surface area contributed by atoms with Gasteiger partial charge < -0.3 is 5.32 Å². The smallest absolute Gasteiger partial charge is 0.150 e. The Balaban J connectivity index is 2.20. The molecular weight excluding hydrogens is 254 g/mol. The molecule has 18 heavy (non-hydrogen) atoms. The number of nitrogens with one attached hydrogen (secondary N) is 1. The molecule has 5 heteroatoms. The maximum atomic E-state index is 13.6. The highest BCUT2D eigenvalue weighted by molar-refractivity contribution is 7.10. The van der Waals surface area contributed by atoms with E-state index in [2.05, 4.69) is 5.32 Å². The zero-order valence-corrected chi connectivity index (χ0v) is 10.4. The molecule has 2 rings (SSSR count). The van der Waals surface area contributed by atoms with Crippen molar-refractivity contribution in [2.75, 3.05) is 5.32 Å². The zero-order chi connectivity index (χ0) is 13.1. The van der Waals surface area contributed by atoms with E-state index in [1.165, 1.54) is 11.3 Å². The maximum Gasteiger partial charge on any atom is 0.150 e. The van der Waals surface area contributed by atoms with Gasteiger partial charge in [0.25, 0.3) is 0 Å². The quantitative estimate of drug-likeness (QED) is 0.914. The largest absolute Gasteiger partial charge is 0.375 e. The van der Waals surface area contributed by atoms with E-state index >= 15 is 0 Å². The Morgan fingerprint density at radius 3 is 2.50 bits per heavy atom. The molecule has 92 valence electrons. The van der Waals surface area contributed by atoms with E-state index < -0.39 is 11.6 Å². The Morgan fingerprint density at radius 2 is 2.00 bits per heavy atom. The van der Waals surface area contributed by atoms with Gasteiger partial charge in [0.2, 0.25) is 0 Å². The van der Waals surface area contributed by atoms with Gasteiger partial charge in [-0.25, -0.2) is 8.78 Å². The molecule has 0 aliphatic heterocycles. The molecular formula is C13H10F2N2S. The third-order valence-corrected chi connectivity index (χ3v) is 3.59. The average molecular weight is 264 g/mol. The van der Waals surface area contributed by atoms with Crippen LogP contribution in [0.25, 0.3) is 0 Å². The third-order valence-electron chi connectivity index (χ3n) is 2.57. The van der Waals surface area contributed by atoms with Crippen molar-refractivity contribution in [3.63, 3.8) is 0 Å². The van der Waals surface area contributed by atoms with Crippen LogP contribution in [-0.2, 0) is 6.54 Å². The van der Waals surface area contributed by atoms with Crippen molar-refractivity contribution in [3.8, 4) is 6.07 Å². The lowest BCUT2D eigenvalue weighted by Gasteiger charge is -2.08. The number of hydrogen-bond acceptors (Lipinski definition) is 3. The molecule has 0 spiro atoms. The number of nitriles is 1. The van der Waals surface area contributed by atoms with E-state index in [9.17, 15) is 8.78 Å². The van der Waals surface area contributed by atoms with Crippen LogP contribution in [0.1, 0.15) is 16.0 Å². The third kappa shape index (κ3) is 2.49. The van der Waals surface area contributed by atoms with Crippen molar-refractivity contribution in [1.82, 2.24) is 0 Å². The molecule has 0 saturated carbocycles. The van der Waals surface area contributed by atoms with Gasteiger partial charge in [0.05, 0.1) is 11.6 Å². The van der Waals surface area contributed by atoms with Gasteiger partial charge >= 0.3 is 0 Å². The molecule has 1 heterocycles. The Kier molecular flexibility index (Phi) is 3.58. The number of anilines is 1. The van der Waals surface area contributed by atoms with Crippen molar-refractivity contribution >= 4 is 17.0 Å². The van der Waals surface area contributed by atoms with E-state index in [-0.39, 0.29) is 11.3 Å². The predicted octanol–water partition coefficient (Wildman–Crippen LogP) is 3.82. The maximum absolute atomic E-state index is 13.6. The van der Waals surface area contributed by atoms with Crippen LogP contribution < -0.4 is 5.32 Å². The normalized spacial score (nSPS) is 10.1. The van der Waals surface area contributed by atoms with Crippen LogP contribution in [0.15, 0.2) is 23.6 Å². The molecule has 0 bridgehead atoms. The van der Waals surface area contributed by atoms with Crippen molar-refractivity contribution in [3.05, 3.63) is 51.2 Å². The Morgan fingerprint density at radius 1 is 1.33 bits per heavy atom. The first kappa shape index (κ1) is 12.5. The van der Waals surface area contributed by atoms with E-state index in [1.54, 1.807) is 6.07 Å². The molecule has 0 amide bonds. The zero-order valence-electron chi connectivity index (χ0n) is 9.63. The summed E-state index contributed by atoms with van der Waals surface area (Å²) in [6.07, 6.45) is 0. The van der Waals surface area contributed by atoms with Crippen LogP contribution in [0.4, 0.5) is 14.5 Å².